The number of piperidine rings is 1. The first kappa shape index (κ1) is 19.6. The molecule has 1 atom stereocenters. The van der Waals surface area contributed by atoms with Crippen LogP contribution in [0.25, 0.3) is 0 Å². The highest BCUT2D eigenvalue weighted by Crippen LogP contribution is 2.25. The molecule has 1 saturated heterocycles. The maximum atomic E-state index is 12.0. The van der Waals surface area contributed by atoms with Gasteiger partial charge in [0.25, 0.3) is 5.56 Å². The van der Waals surface area contributed by atoms with E-state index in [0.29, 0.717) is 18.2 Å². The highest BCUT2D eigenvalue weighted by molar-refractivity contribution is 5.55. The van der Waals surface area contributed by atoms with Gasteiger partial charge in [-0.25, -0.2) is 9.67 Å². The fourth-order valence-corrected chi connectivity index (χ4v) is 4.43. The van der Waals surface area contributed by atoms with Crippen molar-refractivity contribution in [2.75, 3.05) is 25.0 Å². The summed E-state index contributed by atoms with van der Waals surface area (Å²) < 4.78 is 1.56. The lowest BCUT2D eigenvalue weighted by Gasteiger charge is -2.36. The zero-order valence-electron chi connectivity index (χ0n) is 17.0. The maximum Gasteiger partial charge on any atom is 0.266 e. The Morgan fingerprint density at radius 2 is 2.14 bits per heavy atom. The second-order valence-electron chi connectivity index (χ2n) is 8.06. The van der Waals surface area contributed by atoms with E-state index in [1.807, 2.05) is 13.0 Å². The van der Waals surface area contributed by atoms with Gasteiger partial charge in [-0.1, -0.05) is 6.42 Å². The van der Waals surface area contributed by atoms with Crippen LogP contribution in [0, 0.1) is 18.3 Å². The topological polar surface area (TPSA) is 86.8 Å². The number of nitrogens with one attached hydrogen (secondary N) is 1. The summed E-state index contributed by atoms with van der Waals surface area (Å²) in [5.41, 5.74) is 3.80. The summed E-state index contributed by atoms with van der Waals surface area (Å²) >= 11 is 0. The Morgan fingerprint density at radius 3 is 3.00 bits per heavy atom. The maximum absolute atomic E-state index is 12.0. The van der Waals surface area contributed by atoms with E-state index >= 15 is 0 Å². The molecule has 0 radical (unpaired) electrons. The fraction of sp³-hybridized carbons (Fsp3) is 0.545. The first-order valence-electron chi connectivity index (χ1n) is 10.6. The van der Waals surface area contributed by atoms with Gasteiger partial charge in [0.2, 0.25) is 0 Å². The van der Waals surface area contributed by atoms with Crippen molar-refractivity contribution in [2.24, 2.45) is 0 Å². The number of fused-ring (bicyclic) bond motifs is 1. The first-order chi connectivity index (χ1) is 14.1. The van der Waals surface area contributed by atoms with Gasteiger partial charge < -0.3 is 5.32 Å². The van der Waals surface area contributed by atoms with Crippen LogP contribution in [0.4, 0.5) is 5.82 Å². The molecular formula is C22H28N6O. The smallest absolute Gasteiger partial charge is 0.266 e. The van der Waals surface area contributed by atoms with Crippen molar-refractivity contribution >= 4 is 5.82 Å². The molecule has 152 valence electrons. The summed E-state index contributed by atoms with van der Waals surface area (Å²) in [5, 5.41) is 17.3. The molecule has 1 aliphatic heterocycles. The normalized spacial score (nSPS) is 19.0. The Bertz CT molecular complexity index is 976. The molecule has 0 bridgehead atoms. The molecule has 2 aromatic heterocycles. The average molecular weight is 393 g/mol. The van der Waals surface area contributed by atoms with Crippen LogP contribution in [-0.2, 0) is 19.4 Å². The van der Waals surface area contributed by atoms with E-state index in [9.17, 15) is 10.1 Å². The van der Waals surface area contributed by atoms with Crippen LogP contribution in [0.1, 0.15) is 48.2 Å². The standard InChI is InChI=1S/C22H28N6O/c1-16-8-9-21(29)28(26-16)12-11-27-10-3-2-6-19(27)15-24-22-18(14-23)13-17-5-4-7-20(17)25-22/h8-9,13,19H,2-7,10-12,15H2,1H3,(H,24,25). The molecule has 2 aromatic rings. The summed E-state index contributed by atoms with van der Waals surface area (Å²) in [7, 11) is 0. The van der Waals surface area contributed by atoms with Gasteiger partial charge in [-0.3, -0.25) is 9.69 Å². The number of hydrogen-bond donors (Lipinski definition) is 1. The van der Waals surface area contributed by atoms with E-state index in [4.69, 9.17) is 4.98 Å². The van der Waals surface area contributed by atoms with Crippen molar-refractivity contribution in [3.05, 3.63) is 51.1 Å². The molecule has 2 aliphatic rings. The highest BCUT2D eigenvalue weighted by atomic mass is 16.1. The van der Waals surface area contributed by atoms with Crippen molar-refractivity contribution in [3.8, 4) is 6.07 Å². The summed E-state index contributed by atoms with van der Waals surface area (Å²) in [6.07, 6.45) is 6.64. The van der Waals surface area contributed by atoms with Crippen molar-refractivity contribution < 1.29 is 0 Å². The Balaban J connectivity index is 1.41. The Kier molecular flexibility index (Phi) is 5.91. The molecule has 7 nitrogen and oxygen atoms in total. The number of aryl methyl sites for hydroxylation is 3. The number of nitrogens with zero attached hydrogens (tertiary/aromatic N) is 5. The number of likely N-dealkylation sites (tertiary alicyclic amines) is 1. The second-order valence-corrected chi connectivity index (χ2v) is 8.06. The van der Waals surface area contributed by atoms with E-state index in [-0.39, 0.29) is 5.56 Å². The first-order valence-corrected chi connectivity index (χ1v) is 10.6. The fourth-order valence-electron chi connectivity index (χ4n) is 4.43. The molecule has 0 spiro atoms. The monoisotopic (exact) mass is 392 g/mol. The van der Waals surface area contributed by atoms with Gasteiger partial charge >= 0.3 is 0 Å². The van der Waals surface area contributed by atoms with Crippen LogP contribution < -0.4 is 10.9 Å². The van der Waals surface area contributed by atoms with Gasteiger partial charge in [0.1, 0.15) is 11.9 Å². The van der Waals surface area contributed by atoms with Gasteiger partial charge in [0.15, 0.2) is 0 Å². The second kappa shape index (κ2) is 8.75. The van der Waals surface area contributed by atoms with Crippen LogP contribution in [0.2, 0.25) is 0 Å². The predicted molar refractivity (Wildman–Crippen MR) is 112 cm³/mol. The highest BCUT2D eigenvalue weighted by Gasteiger charge is 2.23. The Hall–Kier alpha value is -2.72. The molecule has 29 heavy (non-hydrogen) atoms. The van der Waals surface area contributed by atoms with Crippen molar-refractivity contribution in [1.82, 2.24) is 19.7 Å². The average Bonchev–Trinajstić information content (AvgIpc) is 3.20. The van der Waals surface area contributed by atoms with Crippen LogP contribution in [0.5, 0.6) is 0 Å². The lowest BCUT2D eigenvalue weighted by atomic mass is 10.0. The minimum atomic E-state index is -0.0525. The van der Waals surface area contributed by atoms with E-state index in [0.717, 1.165) is 62.5 Å². The Morgan fingerprint density at radius 1 is 1.24 bits per heavy atom. The quantitative estimate of drug-likeness (QED) is 0.812. The van der Waals surface area contributed by atoms with Crippen LogP contribution in [0.15, 0.2) is 23.0 Å². The third-order valence-corrected chi connectivity index (χ3v) is 6.02. The molecule has 1 aliphatic carbocycles. The molecule has 3 heterocycles. The van der Waals surface area contributed by atoms with Crippen LogP contribution in [0.3, 0.4) is 0 Å². The summed E-state index contributed by atoms with van der Waals surface area (Å²) in [6.45, 7) is 5.08. The lowest BCUT2D eigenvalue weighted by molar-refractivity contribution is 0.148. The summed E-state index contributed by atoms with van der Waals surface area (Å²) in [6, 6.07) is 8.01. The minimum absolute atomic E-state index is 0.0525. The molecule has 4 rings (SSSR count). The number of aromatic nitrogens is 3. The zero-order chi connectivity index (χ0) is 20.2. The lowest BCUT2D eigenvalue weighted by Crippen LogP contribution is -2.45. The summed E-state index contributed by atoms with van der Waals surface area (Å²) in [4.78, 5) is 19.2. The van der Waals surface area contributed by atoms with E-state index in [2.05, 4.69) is 21.4 Å². The van der Waals surface area contributed by atoms with E-state index in [1.54, 1.807) is 16.8 Å². The van der Waals surface area contributed by atoms with Crippen LogP contribution in [-0.4, -0.2) is 45.3 Å². The Labute approximate surface area is 171 Å². The summed E-state index contributed by atoms with van der Waals surface area (Å²) in [5.74, 6) is 0.718. The molecule has 0 saturated carbocycles. The molecule has 0 amide bonds. The molecule has 0 aromatic carbocycles. The minimum Gasteiger partial charge on any atom is -0.367 e. The third-order valence-electron chi connectivity index (χ3n) is 6.02. The van der Waals surface area contributed by atoms with Crippen molar-refractivity contribution in [3.63, 3.8) is 0 Å². The molecule has 1 N–H and O–H groups in total. The van der Waals surface area contributed by atoms with Gasteiger partial charge in [-0.05, 0) is 63.3 Å². The SMILES string of the molecule is Cc1ccc(=O)n(CCN2CCCCC2CNc2nc3c(cc2C#N)CCC3)n1. The van der Waals surface area contributed by atoms with Gasteiger partial charge in [0, 0.05) is 30.9 Å². The molecular weight excluding hydrogens is 364 g/mol. The van der Waals surface area contributed by atoms with Gasteiger partial charge in [0.05, 0.1) is 17.8 Å². The van der Waals surface area contributed by atoms with E-state index < -0.39 is 0 Å². The van der Waals surface area contributed by atoms with Gasteiger partial charge in [-0.2, -0.15) is 10.4 Å². The van der Waals surface area contributed by atoms with Crippen LogP contribution >= 0.6 is 0 Å². The number of rotatable bonds is 6. The largest absolute Gasteiger partial charge is 0.367 e. The van der Waals surface area contributed by atoms with Crippen molar-refractivity contribution in [2.45, 2.75) is 58.0 Å². The third kappa shape index (κ3) is 4.48. The molecule has 1 fully saturated rings. The zero-order valence-corrected chi connectivity index (χ0v) is 17.0. The number of pyridine rings is 1. The van der Waals surface area contributed by atoms with Gasteiger partial charge in [-0.15, -0.1) is 0 Å². The predicted octanol–water partition coefficient (Wildman–Crippen LogP) is 2.27. The number of anilines is 1. The molecule has 1 unspecified atom stereocenters. The van der Waals surface area contributed by atoms with Crippen molar-refractivity contribution in [1.29, 1.82) is 5.26 Å². The molecule has 7 heteroatoms. The number of hydrogen-bond acceptors (Lipinski definition) is 6. The number of nitriles is 1. The van der Waals surface area contributed by atoms with E-state index in [1.165, 1.54) is 18.4 Å².